The molecule has 1 fully saturated rings. The van der Waals surface area contributed by atoms with E-state index in [9.17, 15) is 8.42 Å². The average molecular weight is 250 g/mol. The first-order valence-electron chi connectivity index (χ1n) is 5.75. The Balaban J connectivity index is 2.54. The van der Waals surface area contributed by atoms with Gasteiger partial charge >= 0.3 is 0 Å². The summed E-state index contributed by atoms with van der Waals surface area (Å²) in [7, 11) is -3.12. The minimum atomic E-state index is -3.12. The number of nitrogens with two attached hydrogens (primary N) is 1. The molecular formula is C10H22N2O3S. The number of rotatable bonds is 5. The largest absolute Gasteiger partial charge is 0.374 e. The van der Waals surface area contributed by atoms with E-state index in [1.807, 2.05) is 13.8 Å². The third kappa shape index (κ3) is 4.01. The van der Waals surface area contributed by atoms with Gasteiger partial charge in [0.2, 0.25) is 10.0 Å². The fraction of sp³-hybridized carbons (Fsp3) is 1.00. The third-order valence-corrected chi connectivity index (χ3v) is 4.58. The minimum Gasteiger partial charge on any atom is -0.374 e. The molecule has 0 spiro atoms. The summed E-state index contributed by atoms with van der Waals surface area (Å²) in [6.07, 6.45) is 0.551. The van der Waals surface area contributed by atoms with Crippen molar-refractivity contribution in [3.8, 4) is 0 Å². The molecule has 0 bridgehead atoms. The van der Waals surface area contributed by atoms with Crippen molar-refractivity contribution in [2.24, 2.45) is 11.7 Å². The van der Waals surface area contributed by atoms with Crippen LogP contribution in [-0.4, -0.2) is 50.8 Å². The number of hydrogen-bond donors (Lipinski definition) is 1. The molecule has 0 aliphatic carbocycles. The van der Waals surface area contributed by atoms with Crippen LogP contribution in [0.5, 0.6) is 0 Å². The van der Waals surface area contributed by atoms with Crippen molar-refractivity contribution in [2.75, 3.05) is 32.0 Å². The fourth-order valence-electron chi connectivity index (χ4n) is 1.60. The van der Waals surface area contributed by atoms with E-state index in [0.717, 1.165) is 0 Å². The van der Waals surface area contributed by atoms with E-state index >= 15 is 0 Å². The predicted molar refractivity (Wildman–Crippen MR) is 63.6 cm³/mol. The first-order chi connectivity index (χ1) is 7.45. The van der Waals surface area contributed by atoms with Crippen molar-refractivity contribution >= 4 is 10.0 Å². The summed E-state index contributed by atoms with van der Waals surface area (Å²) in [4.78, 5) is 0. The second-order valence-electron chi connectivity index (χ2n) is 4.59. The molecule has 2 N–H and O–H groups in total. The molecule has 1 rings (SSSR count). The first kappa shape index (κ1) is 13.9. The van der Waals surface area contributed by atoms with Crippen molar-refractivity contribution in [1.29, 1.82) is 0 Å². The van der Waals surface area contributed by atoms with Crippen LogP contribution in [-0.2, 0) is 14.8 Å². The molecule has 1 atom stereocenters. The molecule has 1 aliphatic rings. The molecule has 1 heterocycles. The van der Waals surface area contributed by atoms with Gasteiger partial charge in [-0.25, -0.2) is 8.42 Å². The van der Waals surface area contributed by atoms with E-state index < -0.39 is 10.0 Å². The highest BCUT2D eigenvalue weighted by Crippen LogP contribution is 2.12. The van der Waals surface area contributed by atoms with Crippen LogP contribution in [0.1, 0.15) is 20.3 Å². The molecule has 0 aromatic heterocycles. The van der Waals surface area contributed by atoms with Crippen molar-refractivity contribution in [1.82, 2.24) is 4.31 Å². The second kappa shape index (κ2) is 5.95. The number of sulfonamides is 1. The van der Waals surface area contributed by atoms with E-state index in [4.69, 9.17) is 10.5 Å². The zero-order chi connectivity index (χ0) is 12.2. The maximum atomic E-state index is 12.0. The Morgan fingerprint density at radius 3 is 2.75 bits per heavy atom. The van der Waals surface area contributed by atoms with Crippen molar-refractivity contribution in [3.05, 3.63) is 0 Å². The Bertz CT molecular complexity index is 303. The Morgan fingerprint density at radius 1 is 1.50 bits per heavy atom. The van der Waals surface area contributed by atoms with Crippen LogP contribution >= 0.6 is 0 Å². The monoisotopic (exact) mass is 250 g/mol. The van der Waals surface area contributed by atoms with Gasteiger partial charge in [0.05, 0.1) is 18.5 Å². The fourth-order valence-corrected chi connectivity index (χ4v) is 3.37. The Kier molecular flexibility index (Phi) is 5.17. The van der Waals surface area contributed by atoms with Crippen LogP contribution < -0.4 is 5.73 Å². The van der Waals surface area contributed by atoms with Gasteiger partial charge in [0.25, 0.3) is 0 Å². The second-order valence-corrected chi connectivity index (χ2v) is 6.67. The van der Waals surface area contributed by atoms with Crippen LogP contribution in [0.15, 0.2) is 0 Å². The smallest absolute Gasteiger partial charge is 0.214 e. The molecule has 0 aromatic carbocycles. The molecule has 1 saturated heterocycles. The number of nitrogens with zero attached hydrogens (tertiary/aromatic N) is 1. The van der Waals surface area contributed by atoms with Crippen LogP contribution in [0, 0.1) is 5.92 Å². The van der Waals surface area contributed by atoms with Crippen molar-refractivity contribution in [3.63, 3.8) is 0 Å². The highest BCUT2D eigenvalue weighted by molar-refractivity contribution is 7.89. The van der Waals surface area contributed by atoms with E-state index in [1.54, 1.807) is 0 Å². The Morgan fingerprint density at radius 2 is 2.19 bits per heavy atom. The van der Waals surface area contributed by atoms with Gasteiger partial charge in [-0.3, -0.25) is 0 Å². The van der Waals surface area contributed by atoms with Crippen molar-refractivity contribution < 1.29 is 13.2 Å². The quantitative estimate of drug-likeness (QED) is 0.746. The number of ether oxygens (including phenoxy) is 1. The van der Waals surface area contributed by atoms with Crippen LogP contribution in [0.4, 0.5) is 0 Å². The van der Waals surface area contributed by atoms with Gasteiger partial charge in [-0.05, 0) is 12.3 Å². The molecule has 1 unspecified atom stereocenters. The maximum absolute atomic E-state index is 12.0. The molecule has 1 aliphatic heterocycles. The molecule has 0 radical (unpaired) electrons. The standard InChI is InChI=1S/C10H22N2O3S/c1-9(2)3-6-16(13,14)12-4-5-15-10(7-11)8-12/h9-10H,3-8,11H2,1-2H3. The van der Waals surface area contributed by atoms with Gasteiger partial charge in [0.1, 0.15) is 0 Å². The van der Waals surface area contributed by atoms with E-state index in [1.165, 1.54) is 4.31 Å². The average Bonchev–Trinajstić information content (AvgIpc) is 2.27. The summed E-state index contributed by atoms with van der Waals surface area (Å²) < 4.78 is 30.8. The maximum Gasteiger partial charge on any atom is 0.214 e. The van der Waals surface area contributed by atoms with Gasteiger partial charge < -0.3 is 10.5 Å². The lowest BCUT2D eigenvalue weighted by Crippen LogP contribution is -2.48. The van der Waals surface area contributed by atoms with E-state index in [0.29, 0.717) is 38.6 Å². The molecule has 0 aromatic rings. The Hall–Kier alpha value is -0.170. The van der Waals surface area contributed by atoms with E-state index in [2.05, 4.69) is 0 Å². The van der Waals surface area contributed by atoms with Crippen LogP contribution in [0.2, 0.25) is 0 Å². The predicted octanol–water partition coefficient (Wildman–Crippen LogP) is 0.0218. The summed E-state index contributed by atoms with van der Waals surface area (Å²) in [6.45, 7) is 5.72. The molecule has 0 saturated carbocycles. The molecular weight excluding hydrogens is 228 g/mol. The van der Waals surface area contributed by atoms with Gasteiger partial charge in [0, 0.05) is 19.6 Å². The van der Waals surface area contributed by atoms with Gasteiger partial charge in [-0.1, -0.05) is 13.8 Å². The summed E-state index contributed by atoms with van der Waals surface area (Å²) in [5.74, 6) is 0.628. The highest BCUT2D eigenvalue weighted by Gasteiger charge is 2.28. The SMILES string of the molecule is CC(C)CCS(=O)(=O)N1CCOC(CN)C1. The van der Waals surface area contributed by atoms with Crippen LogP contribution in [0.25, 0.3) is 0 Å². The highest BCUT2D eigenvalue weighted by atomic mass is 32.2. The first-order valence-corrected chi connectivity index (χ1v) is 7.36. The lowest BCUT2D eigenvalue weighted by Gasteiger charge is -2.31. The molecule has 6 heteroatoms. The van der Waals surface area contributed by atoms with Crippen molar-refractivity contribution in [2.45, 2.75) is 26.4 Å². The molecule has 0 amide bonds. The normalized spacial score (nSPS) is 23.9. The number of hydrogen-bond acceptors (Lipinski definition) is 4. The summed E-state index contributed by atoms with van der Waals surface area (Å²) in [6, 6.07) is 0. The van der Waals surface area contributed by atoms with Gasteiger partial charge in [-0.2, -0.15) is 4.31 Å². The molecule has 16 heavy (non-hydrogen) atoms. The third-order valence-electron chi connectivity index (χ3n) is 2.71. The zero-order valence-corrected chi connectivity index (χ0v) is 10.9. The van der Waals surface area contributed by atoms with Gasteiger partial charge in [-0.15, -0.1) is 0 Å². The Labute approximate surface area is 98.0 Å². The molecule has 5 nitrogen and oxygen atoms in total. The van der Waals surface area contributed by atoms with Gasteiger partial charge in [0.15, 0.2) is 0 Å². The lowest BCUT2D eigenvalue weighted by atomic mass is 10.2. The topological polar surface area (TPSA) is 72.6 Å². The summed E-state index contributed by atoms with van der Waals surface area (Å²) in [5.41, 5.74) is 5.48. The summed E-state index contributed by atoms with van der Waals surface area (Å²) in [5, 5.41) is 0. The summed E-state index contributed by atoms with van der Waals surface area (Å²) >= 11 is 0. The number of morpholine rings is 1. The van der Waals surface area contributed by atoms with E-state index in [-0.39, 0.29) is 11.9 Å². The van der Waals surface area contributed by atoms with Crippen LogP contribution in [0.3, 0.4) is 0 Å². The molecule has 96 valence electrons. The lowest BCUT2D eigenvalue weighted by molar-refractivity contribution is 0.00449. The zero-order valence-electron chi connectivity index (χ0n) is 10.1. The minimum absolute atomic E-state index is 0.150.